The number of rotatable bonds is 3. The predicted molar refractivity (Wildman–Crippen MR) is 66.3 cm³/mol. The van der Waals surface area contributed by atoms with E-state index in [9.17, 15) is 18.0 Å². The minimum Gasteiger partial charge on any atom is -0.461 e. The van der Waals surface area contributed by atoms with Crippen molar-refractivity contribution < 1.29 is 22.7 Å². The fourth-order valence-electron chi connectivity index (χ4n) is 1.91. The van der Waals surface area contributed by atoms with E-state index in [-0.39, 0.29) is 29.9 Å². The molecule has 5 nitrogen and oxygen atoms in total. The van der Waals surface area contributed by atoms with Gasteiger partial charge < -0.3 is 9.30 Å². The van der Waals surface area contributed by atoms with E-state index in [1.54, 1.807) is 6.92 Å². The number of fused-ring (bicyclic) bond motifs is 1. The molecule has 0 unspecified atom stereocenters. The van der Waals surface area contributed by atoms with Crippen molar-refractivity contribution in [3.05, 3.63) is 29.6 Å². The van der Waals surface area contributed by atoms with Crippen molar-refractivity contribution in [1.82, 2.24) is 9.55 Å². The zero-order valence-corrected chi connectivity index (χ0v) is 10.9. The lowest BCUT2D eigenvalue weighted by Gasteiger charge is -2.07. The highest BCUT2D eigenvalue weighted by Crippen LogP contribution is 2.31. The Bertz CT molecular complexity index is 729. The molecule has 0 atom stereocenters. The molecule has 21 heavy (non-hydrogen) atoms. The van der Waals surface area contributed by atoms with Gasteiger partial charge in [-0.3, -0.25) is 0 Å². The van der Waals surface area contributed by atoms with Gasteiger partial charge >= 0.3 is 12.1 Å². The highest BCUT2D eigenvalue weighted by molar-refractivity contribution is 5.94. The standard InChI is InChI=1S/C13H10F3N3O2/c1-2-21-12(20)10-6-8-5-9(13(14,15)16)7-18-11(8)19(10)4-3-17/h5-7H,2,4H2,1H3. The second-order valence-corrected chi connectivity index (χ2v) is 4.13. The number of carbonyl (C=O) groups excluding carboxylic acids is 1. The summed E-state index contributed by atoms with van der Waals surface area (Å²) in [6.45, 7) is 1.51. The molecule has 0 radical (unpaired) electrons. The summed E-state index contributed by atoms with van der Waals surface area (Å²) in [4.78, 5) is 15.5. The van der Waals surface area contributed by atoms with Crippen molar-refractivity contribution in [3.63, 3.8) is 0 Å². The normalized spacial score (nSPS) is 11.4. The van der Waals surface area contributed by atoms with E-state index in [2.05, 4.69) is 4.98 Å². The molecule has 2 aromatic rings. The highest BCUT2D eigenvalue weighted by Gasteiger charge is 2.31. The SMILES string of the molecule is CCOC(=O)c1cc2cc(C(F)(F)F)cnc2n1CC#N. The first-order valence-electron chi connectivity index (χ1n) is 5.99. The number of pyridine rings is 1. The van der Waals surface area contributed by atoms with Crippen LogP contribution in [0.4, 0.5) is 13.2 Å². The number of nitrogens with zero attached hydrogens (tertiary/aromatic N) is 3. The quantitative estimate of drug-likeness (QED) is 0.817. The van der Waals surface area contributed by atoms with Crippen LogP contribution in [0.5, 0.6) is 0 Å². The van der Waals surface area contributed by atoms with Crippen LogP contribution in [0.3, 0.4) is 0 Å². The van der Waals surface area contributed by atoms with Crippen molar-refractivity contribution in [2.75, 3.05) is 6.61 Å². The van der Waals surface area contributed by atoms with E-state index >= 15 is 0 Å². The van der Waals surface area contributed by atoms with E-state index in [0.717, 1.165) is 6.07 Å². The number of hydrogen-bond acceptors (Lipinski definition) is 4. The molecule has 110 valence electrons. The first-order valence-corrected chi connectivity index (χ1v) is 5.99. The molecule has 0 saturated heterocycles. The van der Waals surface area contributed by atoms with E-state index < -0.39 is 17.7 Å². The van der Waals surface area contributed by atoms with Gasteiger partial charge in [-0.25, -0.2) is 9.78 Å². The smallest absolute Gasteiger partial charge is 0.417 e. The van der Waals surface area contributed by atoms with Gasteiger partial charge in [0, 0.05) is 11.6 Å². The topological polar surface area (TPSA) is 67.9 Å². The fourth-order valence-corrected chi connectivity index (χ4v) is 1.91. The third-order valence-electron chi connectivity index (χ3n) is 2.77. The van der Waals surface area contributed by atoms with Crippen molar-refractivity contribution in [1.29, 1.82) is 5.26 Å². The van der Waals surface area contributed by atoms with Crippen LogP contribution in [0.1, 0.15) is 23.0 Å². The van der Waals surface area contributed by atoms with Gasteiger partial charge in [0.15, 0.2) is 0 Å². The van der Waals surface area contributed by atoms with E-state index in [4.69, 9.17) is 10.00 Å². The summed E-state index contributed by atoms with van der Waals surface area (Å²) in [5.74, 6) is -0.709. The molecule has 2 aromatic heterocycles. The summed E-state index contributed by atoms with van der Waals surface area (Å²) in [7, 11) is 0. The lowest BCUT2D eigenvalue weighted by Crippen LogP contribution is -2.12. The number of ether oxygens (including phenoxy) is 1. The Balaban J connectivity index is 2.62. The molecule has 8 heteroatoms. The predicted octanol–water partition coefficient (Wildman–Crippen LogP) is 2.76. The zero-order chi connectivity index (χ0) is 15.6. The summed E-state index contributed by atoms with van der Waals surface area (Å²) >= 11 is 0. The second kappa shape index (κ2) is 5.44. The van der Waals surface area contributed by atoms with Gasteiger partial charge in [-0.15, -0.1) is 0 Å². The maximum atomic E-state index is 12.7. The number of alkyl halides is 3. The van der Waals surface area contributed by atoms with Gasteiger partial charge in [-0.05, 0) is 19.1 Å². The first kappa shape index (κ1) is 14.8. The van der Waals surface area contributed by atoms with Gasteiger partial charge in [-0.1, -0.05) is 0 Å². The van der Waals surface area contributed by atoms with Crippen LogP contribution in [0, 0.1) is 11.3 Å². The van der Waals surface area contributed by atoms with Gasteiger partial charge in [-0.2, -0.15) is 18.4 Å². The Hall–Kier alpha value is -2.56. The average molecular weight is 297 g/mol. The largest absolute Gasteiger partial charge is 0.461 e. The van der Waals surface area contributed by atoms with Crippen LogP contribution in [0.25, 0.3) is 11.0 Å². The van der Waals surface area contributed by atoms with Crippen LogP contribution in [0.15, 0.2) is 18.3 Å². The van der Waals surface area contributed by atoms with Gasteiger partial charge in [0.05, 0.1) is 18.2 Å². The number of aromatic nitrogens is 2. The van der Waals surface area contributed by atoms with Gasteiger partial charge in [0.2, 0.25) is 0 Å². The zero-order valence-electron chi connectivity index (χ0n) is 10.9. The van der Waals surface area contributed by atoms with Gasteiger partial charge in [0.1, 0.15) is 17.9 Å². The van der Waals surface area contributed by atoms with Crippen LogP contribution >= 0.6 is 0 Å². The molecule has 0 N–H and O–H groups in total. The minimum absolute atomic E-state index is 0.000208. The maximum absolute atomic E-state index is 12.7. The molecule has 0 saturated carbocycles. The molecule has 0 bridgehead atoms. The molecule has 0 amide bonds. The third kappa shape index (κ3) is 2.81. The summed E-state index contributed by atoms with van der Waals surface area (Å²) in [5.41, 5.74) is -0.785. The Morgan fingerprint density at radius 1 is 1.48 bits per heavy atom. The van der Waals surface area contributed by atoms with Crippen molar-refractivity contribution in [2.24, 2.45) is 0 Å². The van der Waals surface area contributed by atoms with Crippen LogP contribution in [0.2, 0.25) is 0 Å². The minimum atomic E-state index is -4.53. The monoisotopic (exact) mass is 297 g/mol. The number of hydrogen-bond donors (Lipinski definition) is 0. The van der Waals surface area contributed by atoms with Crippen LogP contribution in [-0.4, -0.2) is 22.1 Å². The molecule has 0 aromatic carbocycles. The Morgan fingerprint density at radius 2 is 2.19 bits per heavy atom. The number of halogens is 3. The van der Waals surface area contributed by atoms with E-state index in [1.165, 1.54) is 10.6 Å². The summed E-state index contributed by atoms with van der Waals surface area (Å²) in [6.07, 6.45) is -3.85. The summed E-state index contributed by atoms with van der Waals surface area (Å²) < 4.78 is 44.0. The van der Waals surface area contributed by atoms with Crippen molar-refractivity contribution in [2.45, 2.75) is 19.6 Å². The third-order valence-corrected chi connectivity index (χ3v) is 2.77. The number of carbonyl (C=O) groups is 1. The average Bonchev–Trinajstić information content (AvgIpc) is 2.77. The van der Waals surface area contributed by atoms with Crippen LogP contribution < -0.4 is 0 Å². The van der Waals surface area contributed by atoms with E-state index in [1.807, 2.05) is 6.07 Å². The Labute approximate surface area is 117 Å². The van der Waals surface area contributed by atoms with Crippen molar-refractivity contribution >= 4 is 17.0 Å². The summed E-state index contributed by atoms with van der Waals surface area (Å²) in [5, 5.41) is 8.91. The summed E-state index contributed by atoms with van der Waals surface area (Å²) in [6, 6.07) is 3.97. The lowest BCUT2D eigenvalue weighted by atomic mass is 10.2. The molecule has 0 aliphatic heterocycles. The van der Waals surface area contributed by atoms with Gasteiger partial charge in [0.25, 0.3) is 0 Å². The maximum Gasteiger partial charge on any atom is 0.417 e. The fraction of sp³-hybridized carbons (Fsp3) is 0.308. The molecule has 0 aliphatic carbocycles. The first-order chi connectivity index (χ1) is 9.88. The molecule has 0 fully saturated rings. The molecule has 0 aliphatic rings. The lowest BCUT2D eigenvalue weighted by molar-refractivity contribution is -0.137. The Kier molecular flexibility index (Phi) is 3.84. The molecular weight excluding hydrogens is 287 g/mol. The Morgan fingerprint density at radius 3 is 2.76 bits per heavy atom. The molecular formula is C13H10F3N3O2. The van der Waals surface area contributed by atoms with Crippen molar-refractivity contribution in [3.8, 4) is 6.07 Å². The number of nitriles is 1. The highest BCUT2D eigenvalue weighted by atomic mass is 19.4. The van der Waals surface area contributed by atoms with Crippen LogP contribution in [-0.2, 0) is 17.5 Å². The molecule has 0 spiro atoms. The molecule has 2 heterocycles. The van der Waals surface area contributed by atoms with E-state index in [0.29, 0.717) is 6.20 Å². The number of esters is 1. The molecule has 2 rings (SSSR count). The second-order valence-electron chi connectivity index (χ2n) is 4.13.